The van der Waals surface area contributed by atoms with E-state index in [2.05, 4.69) is 15.5 Å². The van der Waals surface area contributed by atoms with Gasteiger partial charge in [-0.1, -0.05) is 35.9 Å². The largest absolute Gasteiger partial charge is 0.492 e. The first-order valence-electron chi connectivity index (χ1n) is 10.0. The Kier molecular flexibility index (Phi) is 6.21. The van der Waals surface area contributed by atoms with Crippen molar-refractivity contribution in [3.05, 3.63) is 64.4 Å². The van der Waals surface area contributed by atoms with E-state index in [0.717, 1.165) is 50.0 Å². The predicted octanol–water partition coefficient (Wildman–Crippen LogP) is 4.27. The molecule has 0 unspecified atom stereocenters. The summed E-state index contributed by atoms with van der Waals surface area (Å²) in [5, 5.41) is 6.74. The molecule has 1 saturated heterocycles. The smallest absolute Gasteiger partial charge is 0.315 e. The first kappa shape index (κ1) is 20.0. The highest BCUT2D eigenvalue weighted by atomic mass is 35.5. The number of nitrogens with one attached hydrogen (secondary N) is 2. The lowest BCUT2D eigenvalue weighted by molar-refractivity contribution is 0.183. The highest BCUT2D eigenvalue weighted by Crippen LogP contribution is 2.37. The SMILES string of the molecule is O=C(NC1CCN(Cc2ccc(F)cc2)CC1)N[C@@H]1CCOc2c(Cl)cccc21. The fourth-order valence-electron chi connectivity index (χ4n) is 4.01. The Labute approximate surface area is 175 Å². The minimum absolute atomic E-state index is 0.101. The van der Waals surface area contributed by atoms with Gasteiger partial charge in [0.15, 0.2) is 0 Å². The Bertz CT molecular complexity index is 854. The van der Waals surface area contributed by atoms with Crippen LogP contribution in [0.25, 0.3) is 0 Å². The third kappa shape index (κ3) is 5.00. The van der Waals surface area contributed by atoms with Gasteiger partial charge >= 0.3 is 6.03 Å². The minimum Gasteiger partial charge on any atom is -0.492 e. The molecule has 5 nitrogen and oxygen atoms in total. The summed E-state index contributed by atoms with van der Waals surface area (Å²) in [4.78, 5) is 14.9. The van der Waals surface area contributed by atoms with Gasteiger partial charge in [0.1, 0.15) is 11.6 Å². The van der Waals surface area contributed by atoms with Crippen molar-refractivity contribution in [2.24, 2.45) is 0 Å². The third-order valence-corrected chi connectivity index (χ3v) is 5.87. The zero-order chi connectivity index (χ0) is 20.2. The maximum absolute atomic E-state index is 13.0. The first-order chi connectivity index (χ1) is 14.1. The van der Waals surface area contributed by atoms with Crippen molar-refractivity contribution in [3.63, 3.8) is 0 Å². The predicted molar refractivity (Wildman–Crippen MR) is 111 cm³/mol. The molecule has 1 atom stereocenters. The van der Waals surface area contributed by atoms with Crippen LogP contribution in [-0.2, 0) is 6.54 Å². The number of fused-ring (bicyclic) bond motifs is 1. The van der Waals surface area contributed by atoms with E-state index in [4.69, 9.17) is 16.3 Å². The summed E-state index contributed by atoms with van der Waals surface area (Å²) >= 11 is 6.20. The van der Waals surface area contributed by atoms with Crippen LogP contribution in [-0.4, -0.2) is 36.7 Å². The number of ether oxygens (including phenoxy) is 1. The van der Waals surface area contributed by atoms with Crippen molar-refractivity contribution in [2.75, 3.05) is 19.7 Å². The molecule has 29 heavy (non-hydrogen) atoms. The molecule has 2 heterocycles. The Hall–Kier alpha value is -2.31. The minimum atomic E-state index is -0.211. The monoisotopic (exact) mass is 417 g/mol. The topological polar surface area (TPSA) is 53.6 Å². The van der Waals surface area contributed by atoms with Gasteiger partial charge in [0.2, 0.25) is 0 Å². The van der Waals surface area contributed by atoms with Crippen LogP contribution in [0.3, 0.4) is 0 Å². The summed E-state index contributed by atoms with van der Waals surface area (Å²) in [6.07, 6.45) is 2.51. The summed E-state index contributed by atoms with van der Waals surface area (Å²) in [5.74, 6) is 0.455. The first-order valence-corrected chi connectivity index (χ1v) is 10.4. The quantitative estimate of drug-likeness (QED) is 0.781. The number of rotatable bonds is 4. The second-order valence-corrected chi connectivity index (χ2v) is 8.05. The van der Waals surface area contributed by atoms with E-state index >= 15 is 0 Å². The molecule has 7 heteroatoms. The molecule has 0 bridgehead atoms. The van der Waals surface area contributed by atoms with Gasteiger partial charge in [-0.2, -0.15) is 0 Å². The number of carbonyl (C=O) groups excluding carboxylic acids is 1. The van der Waals surface area contributed by atoms with Gasteiger partial charge in [-0.05, 0) is 36.6 Å². The van der Waals surface area contributed by atoms with E-state index < -0.39 is 0 Å². The summed E-state index contributed by atoms with van der Waals surface area (Å²) in [7, 11) is 0. The molecule has 0 radical (unpaired) electrons. The summed E-state index contributed by atoms with van der Waals surface area (Å²) < 4.78 is 18.7. The molecule has 2 amide bonds. The van der Waals surface area contributed by atoms with Crippen molar-refractivity contribution in [2.45, 2.75) is 37.9 Å². The summed E-state index contributed by atoms with van der Waals surface area (Å²) in [5.41, 5.74) is 2.03. The third-order valence-electron chi connectivity index (χ3n) is 5.57. The number of amides is 2. The number of hydrogen-bond donors (Lipinski definition) is 2. The number of nitrogens with zero attached hydrogens (tertiary/aromatic N) is 1. The lowest BCUT2D eigenvalue weighted by Gasteiger charge is -2.33. The molecule has 2 aliphatic rings. The number of likely N-dealkylation sites (tertiary alicyclic amines) is 1. The van der Waals surface area contributed by atoms with Crippen molar-refractivity contribution < 1.29 is 13.9 Å². The lowest BCUT2D eigenvalue weighted by Crippen LogP contribution is -2.48. The molecule has 2 aromatic rings. The second kappa shape index (κ2) is 9.01. The van der Waals surface area contributed by atoms with E-state index in [1.165, 1.54) is 12.1 Å². The molecule has 0 spiro atoms. The van der Waals surface area contributed by atoms with Gasteiger partial charge in [-0.3, -0.25) is 4.90 Å². The van der Waals surface area contributed by atoms with E-state index in [0.29, 0.717) is 17.4 Å². The van der Waals surface area contributed by atoms with Gasteiger partial charge in [0.05, 0.1) is 17.7 Å². The maximum atomic E-state index is 13.0. The maximum Gasteiger partial charge on any atom is 0.315 e. The molecule has 154 valence electrons. The molecular weight excluding hydrogens is 393 g/mol. The molecule has 4 rings (SSSR count). The molecule has 0 aliphatic carbocycles. The Balaban J connectivity index is 1.25. The average Bonchev–Trinajstić information content (AvgIpc) is 2.72. The van der Waals surface area contributed by atoms with Crippen LogP contribution in [0, 0.1) is 5.82 Å². The van der Waals surface area contributed by atoms with Crippen molar-refractivity contribution in [1.82, 2.24) is 15.5 Å². The average molecular weight is 418 g/mol. The number of carbonyl (C=O) groups is 1. The molecule has 0 saturated carbocycles. The van der Waals surface area contributed by atoms with Crippen LogP contribution in [0.5, 0.6) is 5.75 Å². The second-order valence-electron chi connectivity index (χ2n) is 7.64. The van der Waals surface area contributed by atoms with Crippen LogP contribution < -0.4 is 15.4 Å². The van der Waals surface area contributed by atoms with Crippen molar-refractivity contribution in [1.29, 1.82) is 0 Å². The number of urea groups is 1. The van der Waals surface area contributed by atoms with Crippen LogP contribution in [0.15, 0.2) is 42.5 Å². The zero-order valence-corrected chi connectivity index (χ0v) is 16.9. The van der Waals surface area contributed by atoms with Gasteiger partial charge < -0.3 is 15.4 Å². The van der Waals surface area contributed by atoms with E-state index in [9.17, 15) is 9.18 Å². The number of halogens is 2. The van der Waals surface area contributed by atoms with Gasteiger partial charge in [-0.15, -0.1) is 0 Å². The fourth-order valence-corrected chi connectivity index (χ4v) is 4.24. The standard InChI is InChI=1S/C22H25ClFN3O2/c23-19-3-1-2-18-20(10-13-29-21(18)19)26-22(28)25-17-8-11-27(12-9-17)14-15-4-6-16(24)7-5-15/h1-7,17,20H,8-14H2,(H2,25,26,28)/t20-/m1/s1. The molecular formula is C22H25ClFN3O2. The molecule has 2 aliphatic heterocycles. The van der Waals surface area contributed by atoms with E-state index in [1.54, 1.807) is 6.07 Å². The number of benzene rings is 2. The lowest BCUT2D eigenvalue weighted by atomic mass is 10.0. The molecule has 2 N–H and O–H groups in total. The van der Waals surface area contributed by atoms with E-state index in [1.807, 2.05) is 24.3 Å². The summed E-state index contributed by atoms with van der Waals surface area (Å²) in [6, 6.07) is 12.1. The van der Waals surface area contributed by atoms with Gasteiger partial charge in [-0.25, -0.2) is 9.18 Å². The molecule has 0 aromatic heterocycles. The van der Waals surface area contributed by atoms with Gasteiger partial charge in [0, 0.05) is 37.7 Å². The highest BCUT2D eigenvalue weighted by Gasteiger charge is 2.26. The number of hydrogen-bond acceptors (Lipinski definition) is 3. The Morgan fingerprint density at radius 1 is 1.10 bits per heavy atom. The summed E-state index contributed by atoms with van der Waals surface area (Å²) in [6.45, 7) is 3.14. The molecule has 2 aromatic carbocycles. The normalized spacial score (nSPS) is 19.9. The van der Waals surface area contributed by atoms with Crippen LogP contribution in [0.4, 0.5) is 9.18 Å². The van der Waals surface area contributed by atoms with Crippen molar-refractivity contribution >= 4 is 17.6 Å². The number of piperidine rings is 1. The van der Waals surface area contributed by atoms with Gasteiger partial charge in [0.25, 0.3) is 0 Å². The molecule has 1 fully saturated rings. The Morgan fingerprint density at radius 2 is 1.86 bits per heavy atom. The van der Waals surface area contributed by atoms with Crippen LogP contribution in [0.2, 0.25) is 5.02 Å². The fraction of sp³-hybridized carbons (Fsp3) is 0.409. The van der Waals surface area contributed by atoms with E-state index in [-0.39, 0.29) is 23.9 Å². The highest BCUT2D eigenvalue weighted by molar-refractivity contribution is 6.32. The van der Waals surface area contributed by atoms with Crippen LogP contribution in [0.1, 0.15) is 36.4 Å². The van der Waals surface area contributed by atoms with Crippen molar-refractivity contribution in [3.8, 4) is 5.75 Å². The Morgan fingerprint density at radius 3 is 2.62 bits per heavy atom. The number of para-hydroxylation sites is 1. The zero-order valence-electron chi connectivity index (χ0n) is 16.2. The van der Waals surface area contributed by atoms with Crippen LogP contribution >= 0.6 is 11.6 Å².